The van der Waals surface area contributed by atoms with Gasteiger partial charge in [0.2, 0.25) is 0 Å². The second-order valence-electron chi connectivity index (χ2n) is 4.59. The van der Waals surface area contributed by atoms with Crippen LogP contribution in [0.25, 0.3) is 0 Å². The van der Waals surface area contributed by atoms with E-state index in [2.05, 4.69) is 17.2 Å². The molecule has 14 heavy (non-hydrogen) atoms. The van der Waals surface area contributed by atoms with Crippen LogP contribution in [0, 0.1) is 12.3 Å². The zero-order valence-corrected chi connectivity index (χ0v) is 8.80. The van der Waals surface area contributed by atoms with Crippen LogP contribution >= 0.6 is 0 Å². The summed E-state index contributed by atoms with van der Waals surface area (Å²) in [6.45, 7) is 5.31. The van der Waals surface area contributed by atoms with Gasteiger partial charge in [-0.1, -0.05) is 6.92 Å². The standard InChI is InChI=1S/C11H17N3/c1-8-5-10(13-6-9(8)12)14-7-11(2)3-4-11/h5-6H,3-4,7,12H2,1-2H3,(H,13,14). The monoisotopic (exact) mass is 191 g/mol. The molecule has 0 aromatic carbocycles. The van der Waals surface area contributed by atoms with E-state index in [0.29, 0.717) is 5.41 Å². The van der Waals surface area contributed by atoms with Gasteiger partial charge in [-0.3, -0.25) is 0 Å². The number of hydrogen-bond acceptors (Lipinski definition) is 3. The van der Waals surface area contributed by atoms with Crippen molar-refractivity contribution in [2.75, 3.05) is 17.6 Å². The Morgan fingerprint density at radius 2 is 2.29 bits per heavy atom. The molecule has 1 saturated carbocycles. The molecule has 1 aliphatic rings. The molecule has 3 nitrogen and oxygen atoms in total. The lowest BCUT2D eigenvalue weighted by Gasteiger charge is -2.11. The van der Waals surface area contributed by atoms with Gasteiger partial charge in [0.1, 0.15) is 5.82 Å². The van der Waals surface area contributed by atoms with Gasteiger partial charge in [0.25, 0.3) is 0 Å². The number of anilines is 2. The third-order valence-corrected chi connectivity index (χ3v) is 2.95. The quantitative estimate of drug-likeness (QED) is 0.770. The van der Waals surface area contributed by atoms with E-state index in [9.17, 15) is 0 Å². The van der Waals surface area contributed by atoms with Crippen molar-refractivity contribution in [3.05, 3.63) is 17.8 Å². The molecule has 0 unspecified atom stereocenters. The number of aryl methyl sites for hydroxylation is 1. The van der Waals surface area contributed by atoms with E-state index in [-0.39, 0.29) is 0 Å². The molecule has 0 radical (unpaired) electrons. The first-order valence-electron chi connectivity index (χ1n) is 5.05. The first kappa shape index (κ1) is 9.31. The average Bonchev–Trinajstić information content (AvgIpc) is 2.87. The van der Waals surface area contributed by atoms with Gasteiger partial charge in [-0.2, -0.15) is 0 Å². The molecule has 1 fully saturated rings. The summed E-state index contributed by atoms with van der Waals surface area (Å²) in [7, 11) is 0. The Labute approximate surface area is 84.7 Å². The van der Waals surface area contributed by atoms with E-state index >= 15 is 0 Å². The molecule has 0 saturated heterocycles. The van der Waals surface area contributed by atoms with Crippen molar-refractivity contribution < 1.29 is 0 Å². The Balaban J connectivity index is 1.99. The second kappa shape index (κ2) is 3.15. The van der Waals surface area contributed by atoms with Crippen molar-refractivity contribution in [1.82, 2.24) is 4.98 Å². The fraction of sp³-hybridized carbons (Fsp3) is 0.545. The van der Waals surface area contributed by atoms with E-state index in [1.165, 1.54) is 12.8 Å². The van der Waals surface area contributed by atoms with Gasteiger partial charge in [-0.05, 0) is 36.8 Å². The predicted octanol–water partition coefficient (Wildman–Crippen LogP) is 2.18. The minimum atomic E-state index is 0.511. The molecule has 0 amide bonds. The maximum atomic E-state index is 5.69. The first-order chi connectivity index (χ1) is 6.59. The SMILES string of the molecule is Cc1cc(NCC2(C)CC2)ncc1N. The molecule has 0 bridgehead atoms. The number of nitrogens with one attached hydrogen (secondary N) is 1. The molecule has 1 aromatic heterocycles. The van der Waals surface area contributed by atoms with E-state index in [4.69, 9.17) is 5.73 Å². The highest BCUT2D eigenvalue weighted by Crippen LogP contribution is 2.44. The highest BCUT2D eigenvalue weighted by Gasteiger charge is 2.36. The summed E-state index contributed by atoms with van der Waals surface area (Å²) in [5, 5.41) is 3.35. The summed E-state index contributed by atoms with van der Waals surface area (Å²) in [4.78, 5) is 4.23. The van der Waals surface area contributed by atoms with Crippen LogP contribution in [0.4, 0.5) is 11.5 Å². The lowest BCUT2D eigenvalue weighted by molar-refractivity contribution is 0.609. The van der Waals surface area contributed by atoms with E-state index in [1.54, 1.807) is 6.20 Å². The summed E-state index contributed by atoms with van der Waals surface area (Å²) in [5.74, 6) is 0.935. The van der Waals surface area contributed by atoms with Crippen molar-refractivity contribution in [2.24, 2.45) is 5.41 Å². The van der Waals surface area contributed by atoms with Crippen LogP contribution in [0.3, 0.4) is 0 Å². The smallest absolute Gasteiger partial charge is 0.126 e. The number of rotatable bonds is 3. The van der Waals surface area contributed by atoms with Crippen molar-refractivity contribution >= 4 is 11.5 Å². The van der Waals surface area contributed by atoms with Crippen molar-refractivity contribution in [3.8, 4) is 0 Å². The van der Waals surface area contributed by atoms with Crippen molar-refractivity contribution in [3.63, 3.8) is 0 Å². The minimum absolute atomic E-state index is 0.511. The molecule has 76 valence electrons. The number of pyridine rings is 1. The molecule has 0 spiro atoms. The van der Waals surface area contributed by atoms with E-state index < -0.39 is 0 Å². The summed E-state index contributed by atoms with van der Waals surface area (Å²) in [5.41, 5.74) is 8.05. The van der Waals surface area contributed by atoms with E-state index in [0.717, 1.165) is 23.6 Å². The van der Waals surface area contributed by atoms with Gasteiger partial charge >= 0.3 is 0 Å². The van der Waals surface area contributed by atoms with Crippen molar-refractivity contribution in [1.29, 1.82) is 0 Å². The Hall–Kier alpha value is -1.25. The maximum Gasteiger partial charge on any atom is 0.126 e. The fourth-order valence-corrected chi connectivity index (χ4v) is 1.36. The number of nitrogen functional groups attached to an aromatic ring is 1. The van der Waals surface area contributed by atoms with Crippen LogP contribution in [-0.4, -0.2) is 11.5 Å². The lowest BCUT2D eigenvalue weighted by Crippen LogP contribution is -2.12. The van der Waals surface area contributed by atoms with Crippen LogP contribution in [0.15, 0.2) is 12.3 Å². The zero-order valence-electron chi connectivity index (χ0n) is 8.80. The van der Waals surface area contributed by atoms with Crippen LogP contribution in [0.2, 0.25) is 0 Å². The third kappa shape index (κ3) is 1.97. The average molecular weight is 191 g/mol. The Bertz CT molecular complexity index is 342. The Morgan fingerprint density at radius 1 is 1.57 bits per heavy atom. The van der Waals surface area contributed by atoms with Gasteiger partial charge in [0.05, 0.1) is 11.9 Å². The Kier molecular flexibility index (Phi) is 2.10. The molecule has 2 rings (SSSR count). The topological polar surface area (TPSA) is 50.9 Å². The third-order valence-electron chi connectivity index (χ3n) is 2.95. The van der Waals surface area contributed by atoms with Gasteiger partial charge in [0, 0.05) is 6.54 Å². The summed E-state index contributed by atoms with van der Waals surface area (Å²) >= 11 is 0. The molecule has 0 aliphatic heterocycles. The number of aromatic nitrogens is 1. The lowest BCUT2D eigenvalue weighted by atomic mass is 10.1. The van der Waals surface area contributed by atoms with Gasteiger partial charge in [-0.15, -0.1) is 0 Å². The summed E-state index contributed by atoms with van der Waals surface area (Å²) < 4.78 is 0. The van der Waals surface area contributed by atoms with Gasteiger partial charge < -0.3 is 11.1 Å². The molecule has 1 aromatic rings. The molecule has 1 aliphatic carbocycles. The fourth-order valence-electron chi connectivity index (χ4n) is 1.36. The molecule has 3 heteroatoms. The summed E-state index contributed by atoms with van der Waals surface area (Å²) in [6, 6.07) is 2.00. The molecular weight excluding hydrogens is 174 g/mol. The number of nitrogens with zero attached hydrogens (tertiary/aromatic N) is 1. The van der Waals surface area contributed by atoms with Crippen LogP contribution < -0.4 is 11.1 Å². The van der Waals surface area contributed by atoms with Crippen molar-refractivity contribution in [2.45, 2.75) is 26.7 Å². The number of nitrogens with two attached hydrogens (primary N) is 1. The van der Waals surface area contributed by atoms with Crippen LogP contribution in [0.1, 0.15) is 25.3 Å². The number of hydrogen-bond donors (Lipinski definition) is 2. The highest BCUT2D eigenvalue weighted by atomic mass is 15.0. The van der Waals surface area contributed by atoms with E-state index in [1.807, 2.05) is 13.0 Å². The summed E-state index contributed by atoms with van der Waals surface area (Å²) in [6.07, 6.45) is 4.37. The first-order valence-corrected chi connectivity index (χ1v) is 5.05. The minimum Gasteiger partial charge on any atom is -0.397 e. The molecule has 1 heterocycles. The van der Waals surface area contributed by atoms with Crippen LogP contribution in [-0.2, 0) is 0 Å². The normalized spacial score (nSPS) is 17.9. The second-order valence-corrected chi connectivity index (χ2v) is 4.59. The zero-order chi connectivity index (χ0) is 10.2. The van der Waals surface area contributed by atoms with Gasteiger partial charge in [-0.25, -0.2) is 4.98 Å². The van der Waals surface area contributed by atoms with Crippen LogP contribution in [0.5, 0.6) is 0 Å². The predicted molar refractivity (Wildman–Crippen MR) is 59.2 cm³/mol. The molecule has 3 N–H and O–H groups in total. The highest BCUT2D eigenvalue weighted by molar-refractivity contribution is 5.50. The van der Waals surface area contributed by atoms with Gasteiger partial charge in [0.15, 0.2) is 0 Å². The molecule has 0 atom stereocenters. The largest absolute Gasteiger partial charge is 0.397 e. The maximum absolute atomic E-state index is 5.69. The Morgan fingerprint density at radius 3 is 2.86 bits per heavy atom. The molecular formula is C11H17N3.